The van der Waals surface area contributed by atoms with Crippen molar-refractivity contribution in [1.82, 2.24) is 15.1 Å². The second-order valence-corrected chi connectivity index (χ2v) is 6.24. The van der Waals surface area contributed by atoms with Gasteiger partial charge in [0, 0.05) is 38.4 Å². The number of amides is 1. The van der Waals surface area contributed by atoms with Gasteiger partial charge in [0.05, 0.1) is 6.54 Å². The highest BCUT2D eigenvalue weighted by atomic mass is 32.1. The van der Waals surface area contributed by atoms with E-state index in [1.807, 2.05) is 9.80 Å². The zero-order valence-corrected chi connectivity index (χ0v) is 15.4. The van der Waals surface area contributed by atoms with Crippen molar-refractivity contribution in [3.05, 3.63) is 36.9 Å². The van der Waals surface area contributed by atoms with Crippen LogP contribution < -0.4 is 15.4 Å². The Morgan fingerprint density at radius 1 is 1.22 bits per heavy atom. The van der Waals surface area contributed by atoms with Crippen LogP contribution >= 0.6 is 12.2 Å². The number of thiocarbonyl (C=S) groups is 1. The summed E-state index contributed by atoms with van der Waals surface area (Å²) in [7, 11) is 0. The lowest BCUT2D eigenvalue weighted by molar-refractivity contribution is -0.274. The number of hydrogen-bond donors (Lipinski definition) is 2. The number of anilines is 1. The molecule has 1 aromatic rings. The molecular weight excluding hydrogens is 381 g/mol. The molecule has 0 bridgehead atoms. The number of ether oxygens (including phenoxy) is 1. The van der Waals surface area contributed by atoms with E-state index in [2.05, 4.69) is 21.9 Å². The SMILES string of the molecule is C=CCNC(=S)N1CCN(CC(=O)Nc2ccc(OC(F)(F)F)cc2)CC1. The molecule has 6 nitrogen and oxygen atoms in total. The third-order valence-corrected chi connectivity index (χ3v) is 4.20. The maximum Gasteiger partial charge on any atom is 0.573 e. The molecule has 1 fully saturated rings. The number of carbonyl (C=O) groups is 1. The van der Waals surface area contributed by atoms with Crippen LogP contribution in [0.15, 0.2) is 36.9 Å². The van der Waals surface area contributed by atoms with Crippen molar-refractivity contribution in [3.63, 3.8) is 0 Å². The second kappa shape index (κ2) is 9.56. The lowest BCUT2D eigenvalue weighted by atomic mass is 10.3. The average Bonchev–Trinajstić information content (AvgIpc) is 2.60. The van der Waals surface area contributed by atoms with Gasteiger partial charge in [-0.15, -0.1) is 19.8 Å². The molecule has 0 aliphatic carbocycles. The maximum atomic E-state index is 12.1. The van der Waals surface area contributed by atoms with E-state index in [0.717, 1.165) is 12.1 Å². The van der Waals surface area contributed by atoms with Gasteiger partial charge in [-0.3, -0.25) is 9.69 Å². The predicted octanol–water partition coefficient (Wildman–Crippen LogP) is 2.20. The van der Waals surface area contributed by atoms with Crippen LogP contribution in [-0.2, 0) is 4.79 Å². The van der Waals surface area contributed by atoms with E-state index in [1.165, 1.54) is 12.1 Å². The fourth-order valence-corrected chi connectivity index (χ4v) is 2.79. The molecule has 1 aliphatic heterocycles. The molecule has 2 N–H and O–H groups in total. The molecule has 0 radical (unpaired) electrons. The molecule has 0 atom stereocenters. The fraction of sp³-hybridized carbons (Fsp3) is 0.412. The number of halogens is 3. The summed E-state index contributed by atoms with van der Waals surface area (Å²) in [6.07, 6.45) is -3.01. The van der Waals surface area contributed by atoms with Gasteiger partial charge in [-0.1, -0.05) is 6.08 Å². The monoisotopic (exact) mass is 402 g/mol. The summed E-state index contributed by atoms with van der Waals surface area (Å²) >= 11 is 5.28. The molecular formula is C17H21F3N4O2S. The third-order valence-electron chi connectivity index (χ3n) is 3.80. The van der Waals surface area contributed by atoms with Crippen molar-refractivity contribution < 1.29 is 22.7 Å². The Bertz CT molecular complexity index is 659. The molecule has 148 valence electrons. The molecule has 10 heteroatoms. The fourth-order valence-electron chi connectivity index (χ4n) is 2.52. The van der Waals surface area contributed by atoms with E-state index in [-0.39, 0.29) is 18.2 Å². The topological polar surface area (TPSA) is 56.8 Å². The van der Waals surface area contributed by atoms with Gasteiger partial charge in [0.2, 0.25) is 5.91 Å². The molecule has 1 saturated heterocycles. The first-order chi connectivity index (χ1) is 12.8. The van der Waals surface area contributed by atoms with Crippen molar-refractivity contribution in [3.8, 4) is 5.75 Å². The van der Waals surface area contributed by atoms with Gasteiger partial charge in [0.1, 0.15) is 5.75 Å². The normalized spacial score (nSPS) is 15.1. The first-order valence-corrected chi connectivity index (χ1v) is 8.69. The third kappa shape index (κ3) is 7.43. The van der Waals surface area contributed by atoms with Crippen LogP contribution in [0.1, 0.15) is 0 Å². The maximum absolute atomic E-state index is 12.1. The number of hydrogen-bond acceptors (Lipinski definition) is 4. The Morgan fingerprint density at radius 3 is 2.41 bits per heavy atom. The van der Waals surface area contributed by atoms with Crippen LogP contribution in [0.4, 0.5) is 18.9 Å². The van der Waals surface area contributed by atoms with E-state index in [1.54, 1.807) is 6.08 Å². The molecule has 1 amide bonds. The van der Waals surface area contributed by atoms with Gasteiger partial charge in [0.25, 0.3) is 0 Å². The molecule has 0 saturated carbocycles. The molecule has 2 rings (SSSR count). The lowest BCUT2D eigenvalue weighted by Gasteiger charge is -2.35. The van der Waals surface area contributed by atoms with E-state index in [0.29, 0.717) is 43.5 Å². The van der Waals surface area contributed by atoms with Crippen molar-refractivity contribution in [1.29, 1.82) is 0 Å². The number of carbonyl (C=O) groups excluding carboxylic acids is 1. The zero-order chi connectivity index (χ0) is 19.9. The molecule has 27 heavy (non-hydrogen) atoms. The van der Waals surface area contributed by atoms with Gasteiger partial charge in [-0.2, -0.15) is 0 Å². The standard InChI is InChI=1S/C17H21F3N4O2S/c1-2-7-21-16(27)24-10-8-23(9-11-24)12-15(25)22-13-3-5-14(6-4-13)26-17(18,19)20/h2-6H,1,7-12H2,(H,21,27)(H,22,25). The summed E-state index contributed by atoms with van der Waals surface area (Å²) < 4.78 is 40.2. The van der Waals surface area contributed by atoms with Gasteiger partial charge in [-0.05, 0) is 36.5 Å². The molecule has 0 spiro atoms. The number of alkyl halides is 3. The Balaban J connectivity index is 1.75. The second-order valence-electron chi connectivity index (χ2n) is 5.86. The van der Waals surface area contributed by atoms with E-state index in [4.69, 9.17) is 12.2 Å². The molecule has 0 aromatic heterocycles. The molecule has 1 aromatic carbocycles. The van der Waals surface area contributed by atoms with E-state index >= 15 is 0 Å². The van der Waals surface area contributed by atoms with Crippen molar-refractivity contribution in [2.45, 2.75) is 6.36 Å². The predicted molar refractivity (Wildman–Crippen MR) is 101 cm³/mol. The molecule has 1 heterocycles. The number of nitrogens with zero attached hydrogens (tertiary/aromatic N) is 2. The molecule has 1 aliphatic rings. The summed E-state index contributed by atoms with van der Waals surface area (Å²) in [5, 5.41) is 6.40. The van der Waals surface area contributed by atoms with E-state index in [9.17, 15) is 18.0 Å². The summed E-state index contributed by atoms with van der Waals surface area (Å²) in [6.45, 7) is 7.21. The van der Waals surface area contributed by atoms with Gasteiger partial charge >= 0.3 is 6.36 Å². The largest absolute Gasteiger partial charge is 0.573 e. The van der Waals surface area contributed by atoms with Crippen LogP contribution in [-0.4, -0.2) is 66.5 Å². The Labute approximate surface area is 161 Å². The lowest BCUT2D eigenvalue weighted by Crippen LogP contribution is -2.52. The number of nitrogens with one attached hydrogen (secondary N) is 2. The highest BCUT2D eigenvalue weighted by Gasteiger charge is 2.31. The molecule has 0 unspecified atom stereocenters. The van der Waals surface area contributed by atoms with Crippen LogP contribution in [0.25, 0.3) is 0 Å². The summed E-state index contributed by atoms with van der Waals surface area (Å²) in [4.78, 5) is 16.1. The minimum atomic E-state index is -4.74. The van der Waals surface area contributed by atoms with Gasteiger partial charge in [-0.25, -0.2) is 0 Å². The number of benzene rings is 1. The van der Waals surface area contributed by atoms with Crippen LogP contribution in [0.5, 0.6) is 5.75 Å². The number of piperazine rings is 1. The summed E-state index contributed by atoms with van der Waals surface area (Å²) in [5.41, 5.74) is 0.406. The summed E-state index contributed by atoms with van der Waals surface area (Å²) in [6, 6.07) is 5.03. The Hall–Kier alpha value is -2.33. The zero-order valence-electron chi connectivity index (χ0n) is 14.6. The first-order valence-electron chi connectivity index (χ1n) is 8.28. The highest BCUT2D eigenvalue weighted by molar-refractivity contribution is 7.80. The van der Waals surface area contributed by atoms with Crippen molar-refractivity contribution in [2.24, 2.45) is 0 Å². The first kappa shape index (κ1) is 21.0. The highest BCUT2D eigenvalue weighted by Crippen LogP contribution is 2.23. The Morgan fingerprint density at radius 2 is 1.85 bits per heavy atom. The van der Waals surface area contributed by atoms with Crippen molar-refractivity contribution >= 4 is 28.9 Å². The Kier molecular flexibility index (Phi) is 7.43. The van der Waals surface area contributed by atoms with Gasteiger partial charge < -0.3 is 20.3 Å². The van der Waals surface area contributed by atoms with E-state index < -0.39 is 6.36 Å². The smallest absolute Gasteiger partial charge is 0.406 e. The minimum Gasteiger partial charge on any atom is -0.406 e. The minimum absolute atomic E-state index is 0.196. The quantitative estimate of drug-likeness (QED) is 0.562. The average molecular weight is 402 g/mol. The summed E-state index contributed by atoms with van der Waals surface area (Å²) in [5.74, 6) is -0.571. The van der Waals surface area contributed by atoms with Crippen LogP contribution in [0.3, 0.4) is 0 Å². The van der Waals surface area contributed by atoms with Crippen LogP contribution in [0, 0.1) is 0 Å². The van der Waals surface area contributed by atoms with Gasteiger partial charge in [0.15, 0.2) is 5.11 Å². The number of rotatable bonds is 6. The van der Waals surface area contributed by atoms with Crippen molar-refractivity contribution in [2.75, 3.05) is 44.6 Å². The van der Waals surface area contributed by atoms with Crippen LogP contribution in [0.2, 0.25) is 0 Å².